The van der Waals surface area contributed by atoms with Crippen LogP contribution >= 0.6 is 34.8 Å². The minimum absolute atomic E-state index is 0.0102. The van der Waals surface area contributed by atoms with E-state index in [-0.39, 0.29) is 29.0 Å². The molecule has 0 aliphatic carbocycles. The van der Waals surface area contributed by atoms with Crippen LogP contribution in [-0.2, 0) is 26.2 Å². The lowest BCUT2D eigenvalue weighted by Gasteiger charge is -2.32. The fourth-order valence-corrected chi connectivity index (χ4v) is 6.09. The minimum atomic E-state index is -4.21. The second kappa shape index (κ2) is 13.9. The van der Waals surface area contributed by atoms with E-state index in [0.717, 1.165) is 15.4 Å². The Hall–Kier alpha value is -2.78. The van der Waals surface area contributed by atoms with E-state index in [1.165, 1.54) is 23.1 Å². The molecule has 0 aromatic heterocycles. The lowest BCUT2D eigenvalue weighted by molar-refractivity contribution is -0.139. The molecule has 0 aliphatic heterocycles. The van der Waals surface area contributed by atoms with Gasteiger partial charge in [-0.3, -0.25) is 13.9 Å². The van der Waals surface area contributed by atoms with Gasteiger partial charge in [0, 0.05) is 33.7 Å². The molecule has 0 saturated carbocycles. The van der Waals surface area contributed by atoms with Crippen LogP contribution in [0.2, 0.25) is 15.1 Å². The summed E-state index contributed by atoms with van der Waals surface area (Å²) in [6, 6.07) is 15.1. The maximum Gasteiger partial charge on any atom is 0.264 e. The van der Waals surface area contributed by atoms with Gasteiger partial charge in [-0.2, -0.15) is 0 Å². The zero-order chi connectivity index (χ0) is 30.5. The van der Waals surface area contributed by atoms with Crippen molar-refractivity contribution in [1.82, 2.24) is 10.2 Å². The summed E-state index contributed by atoms with van der Waals surface area (Å²) in [4.78, 5) is 28.5. The molecule has 3 aromatic rings. The number of amides is 2. The molecule has 0 bridgehead atoms. The van der Waals surface area contributed by atoms with Crippen LogP contribution in [-0.4, -0.2) is 44.3 Å². The summed E-state index contributed by atoms with van der Waals surface area (Å²) in [5.74, 6) is -0.822. The van der Waals surface area contributed by atoms with Crippen molar-refractivity contribution < 1.29 is 18.0 Å². The molecule has 0 spiro atoms. The number of hydrogen-bond donors (Lipinski definition) is 1. The summed E-state index contributed by atoms with van der Waals surface area (Å²) in [7, 11) is -4.21. The number of hydrogen-bond acceptors (Lipinski definition) is 4. The van der Waals surface area contributed by atoms with E-state index < -0.39 is 28.5 Å². The number of sulfonamides is 1. The first-order valence-electron chi connectivity index (χ1n) is 13.1. The standard InChI is InChI=1S/C30H34Cl3N3O4S/c1-19(2)16-34-30(38)22(5)35(17-25-26(31)7-6-8-27(25)32)29(37)18-36(23-12-11-21(4)28(33)15-23)41(39,40)24-13-9-20(3)10-14-24/h6-15,19,22H,16-18H2,1-5H3,(H,34,38)/t22-/m1/s1. The SMILES string of the molecule is Cc1ccc(S(=O)(=O)N(CC(=O)N(Cc2c(Cl)cccc2Cl)[C@H](C)C(=O)NCC(C)C)c2ccc(C)c(Cl)c2)cc1. The Morgan fingerprint density at radius 3 is 2.05 bits per heavy atom. The van der Waals surface area contributed by atoms with Gasteiger partial charge in [0.05, 0.1) is 10.6 Å². The van der Waals surface area contributed by atoms with E-state index in [9.17, 15) is 18.0 Å². The van der Waals surface area contributed by atoms with Crippen molar-refractivity contribution >= 4 is 62.3 Å². The quantitative estimate of drug-likeness (QED) is 0.255. The van der Waals surface area contributed by atoms with Crippen molar-refractivity contribution in [3.05, 3.63) is 92.4 Å². The molecule has 0 heterocycles. The van der Waals surface area contributed by atoms with E-state index in [1.54, 1.807) is 56.3 Å². The maximum atomic E-state index is 14.0. The fourth-order valence-electron chi connectivity index (χ4n) is 3.99. The van der Waals surface area contributed by atoms with Gasteiger partial charge in [-0.05, 0) is 68.7 Å². The molecule has 0 aliphatic rings. The molecule has 0 unspecified atom stereocenters. The Morgan fingerprint density at radius 1 is 0.878 bits per heavy atom. The summed E-state index contributed by atoms with van der Waals surface area (Å²) in [5, 5.41) is 3.83. The number of halogens is 3. The molecule has 220 valence electrons. The highest BCUT2D eigenvalue weighted by Gasteiger charge is 2.33. The van der Waals surface area contributed by atoms with Crippen LogP contribution in [0.1, 0.15) is 37.5 Å². The predicted octanol–water partition coefficient (Wildman–Crippen LogP) is 6.65. The normalized spacial score (nSPS) is 12.2. The third-order valence-corrected chi connectivity index (χ3v) is 9.48. The zero-order valence-corrected chi connectivity index (χ0v) is 26.7. The summed E-state index contributed by atoms with van der Waals surface area (Å²) in [6.07, 6.45) is 0. The van der Waals surface area contributed by atoms with Gasteiger partial charge in [-0.25, -0.2) is 8.42 Å². The molecule has 0 fully saturated rings. The molecule has 41 heavy (non-hydrogen) atoms. The predicted molar refractivity (Wildman–Crippen MR) is 166 cm³/mol. The average molecular weight is 639 g/mol. The van der Waals surface area contributed by atoms with Crippen LogP contribution in [0.15, 0.2) is 65.6 Å². The van der Waals surface area contributed by atoms with Crippen molar-refractivity contribution in [2.75, 3.05) is 17.4 Å². The number of anilines is 1. The second-order valence-corrected chi connectivity index (χ2v) is 13.4. The number of carbonyl (C=O) groups excluding carboxylic acids is 2. The number of nitrogens with zero attached hydrogens (tertiary/aromatic N) is 2. The van der Waals surface area contributed by atoms with E-state index in [2.05, 4.69) is 5.32 Å². The average Bonchev–Trinajstić information content (AvgIpc) is 2.91. The van der Waals surface area contributed by atoms with Crippen LogP contribution in [0.3, 0.4) is 0 Å². The van der Waals surface area contributed by atoms with Crippen LogP contribution in [0.5, 0.6) is 0 Å². The van der Waals surface area contributed by atoms with Crippen molar-refractivity contribution in [3.8, 4) is 0 Å². The number of nitrogens with one attached hydrogen (secondary N) is 1. The molecule has 3 aromatic carbocycles. The lowest BCUT2D eigenvalue weighted by Crippen LogP contribution is -2.51. The third kappa shape index (κ3) is 8.16. The monoisotopic (exact) mass is 637 g/mol. The number of rotatable bonds is 11. The Labute approximate surface area is 257 Å². The van der Waals surface area contributed by atoms with Crippen molar-refractivity contribution in [2.24, 2.45) is 5.92 Å². The fraction of sp³-hybridized carbons (Fsp3) is 0.333. The number of aryl methyl sites for hydroxylation is 2. The van der Waals surface area contributed by atoms with Gasteiger partial charge in [0.15, 0.2) is 0 Å². The summed E-state index contributed by atoms with van der Waals surface area (Å²) >= 11 is 19.2. The molecule has 2 amide bonds. The van der Waals surface area contributed by atoms with E-state index in [1.807, 2.05) is 20.8 Å². The number of carbonyl (C=O) groups is 2. The van der Waals surface area contributed by atoms with Crippen LogP contribution in [0.25, 0.3) is 0 Å². The highest BCUT2D eigenvalue weighted by molar-refractivity contribution is 7.92. The molecular formula is C30H34Cl3N3O4S. The molecular weight excluding hydrogens is 605 g/mol. The highest BCUT2D eigenvalue weighted by Crippen LogP contribution is 2.30. The van der Waals surface area contributed by atoms with E-state index in [4.69, 9.17) is 34.8 Å². The van der Waals surface area contributed by atoms with Crippen molar-refractivity contribution in [2.45, 2.75) is 52.1 Å². The Balaban J connectivity index is 2.08. The Bertz CT molecular complexity index is 1490. The van der Waals surface area contributed by atoms with Crippen LogP contribution in [0.4, 0.5) is 5.69 Å². The first-order chi connectivity index (χ1) is 19.2. The number of benzene rings is 3. The van der Waals surface area contributed by atoms with Gasteiger partial charge >= 0.3 is 0 Å². The van der Waals surface area contributed by atoms with Crippen molar-refractivity contribution in [1.29, 1.82) is 0 Å². The Kier molecular flexibility index (Phi) is 11.1. The van der Waals surface area contributed by atoms with Gasteiger partial charge < -0.3 is 10.2 Å². The molecule has 1 atom stereocenters. The van der Waals surface area contributed by atoms with Crippen LogP contribution in [0, 0.1) is 19.8 Å². The summed E-state index contributed by atoms with van der Waals surface area (Å²) in [6.45, 7) is 8.84. The highest BCUT2D eigenvalue weighted by atomic mass is 35.5. The molecule has 1 N–H and O–H groups in total. The first-order valence-corrected chi connectivity index (χ1v) is 15.7. The van der Waals surface area contributed by atoms with Gasteiger partial charge in [0.25, 0.3) is 10.0 Å². The Morgan fingerprint density at radius 2 is 1.49 bits per heavy atom. The van der Waals surface area contributed by atoms with Gasteiger partial charge in [0.1, 0.15) is 12.6 Å². The molecule has 0 saturated heterocycles. The molecule has 7 nitrogen and oxygen atoms in total. The van der Waals surface area contributed by atoms with Crippen LogP contribution < -0.4 is 9.62 Å². The lowest BCUT2D eigenvalue weighted by atomic mass is 10.1. The van der Waals surface area contributed by atoms with E-state index >= 15 is 0 Å². The van der Waals surface area contributed by atoms with E-state index in [0.29, 0.717) is 27.2 Å². The third-order valence-electron chi connectivity index (χ3n) is 6.57. The largest absolute Gasteiger partial charge is 0.354 e. The molecule has 3 rings (SSSR count). The second-order valence-electron chi connectivity index (χ2n) is 10.3. The van der Waals surface area contributed by atoms with Crippen molar-refractivity contribution in [3.63, 3.8) is 0 Å². The van der Waals surface area contributed by atoms with Gasteiger partial charge in [-0.15, -0.1) is 0 Å². The topological polar surface area (TPSA) is 86.8 Å². The van der Waals surface area contributed by atoms with Gasteiger partial charge in [-0.1, -0.05) is 78.5 Å². The summed E-state index contributed by atoms with van der Waals surface area (Å²) < 4.78 is 28.9. The molecule has 0 radical (unpaired) electrons. The maximum absolute atomic E-state index is 14.0. The first kappa shape index (κ1) is 32.7. The zero-order valence-electron chi connectivity index (χ0n) is 23.6. The minimum Gasteiger partial charge on any atom is -0.354 e. The molecule has 11 heteroatoms. The van der Waals surface area contributed by atoms with Gasteiger partial charge in [0.2, 0.25) is 11.8 Å². The smallest absolute Gasteiger partial charge is 0.264 e. The summed E-state index contributed by atoms with van der Waals surface area (Å²) in [5.41, 5.74) is 2.29.